The number of halogens is 2. The molecule has 1 aliphatic rings. The van der Waals surface area contributed by atoms with E-state index in [1.165, 1.54) is 0 Å². The van der Waals surface area contributed by atoms with Crippen LogP contribution >= 0.6 is 0 Å². The van der Waals surface area contributed by atoms with Crippen LogP contribution in [-0.2, 0) is 0 Å². The third-order valence-electron chi connectivity index (χ3n) is 3.13. The molecule has 0 amide bonds. The molecule has 4 unspecified atom stereocenters. The summed E-state index contributed by atoms with van der Waals surface area (Å²) >= 11 is 0. The van der Waals surface area contributed by atoms with Gasteiger partial charge in [0.25, 0.3) is 0 Å². The predicted octanol–water partition coefficient (Wildman–Crippen LogP) is 3.51. The van der Waals surface area contributed by atoms with Gasteiger partial charge in [-0.05, 0) is 18.3 Å². The Morgan fingerprint density at radius 3 is 1.67 bits per heavy atom. The molecular formula is C10H18F2. The van der Waals surface area contributed by atoms with Gasteiger partial charge < -0.3 is 0 Å². The molecule has 0 bridgehead atoms. The summed E-state index contributed by atoms with van der Waals surface area (Å²) < 4.78 is 26.3. The lowest BCUT2D eigenvalue weighted by molar-refractivity contribution is 0.0496. The molecular weight excluding hydrogens is 158 g/mol. The van der Waals surface area contributed by atoms with Crippen LogP contribution in [0.4, 0.5) is 8.78 Å². The lowest BCUT2D eigenvalue weighted by Crippen LogP contribution is -2.33. The maximum Gasteiger partial charge on any atom is 0.106 e. The lowest BCUT2D eigenvalue weighted by atomic mass is 9.77. The smallest absolute Gasteiger partial charge is 0.106 e. The van der Waals surface area contributed by atoms with Crippen LogP contribution < -0.4 is 0 Å². The summed E-state index contributed by atoms with van der Waals surface area (Å²) in [7, 11) is 0. The Labute approximate surface area is 73.3 Å². The molecule has 72 valence electrons. The average Bonchev–Trinajstić information content (AvgIpc) is 2.05. The van der Waals surface area contributed by atoms with Crippen LogP contribution in [0.2, 0.25) is 0 Å². The van der Waals surface area contributed by atoms with Crippen LogP contribution in [0.5, 0.6) is 0 Å². The van der Waals surface area contributed by atoms with Crippen molar-refractivity contribution >= 4 is 0 Å². The Balaban J connectivity index is 2.50. The van der Waals surface area contributed by atoms with Gasteiger partial charge in [0, 0.05) is 6.42 Å². The second-order valence-electron chi connectivity index (χ2n) is 3.84. The van der Waals surface area contributed by atoms with Crippen molar-refractivity contribution in [1.29, 1.82) is 0 Å². The van der Waals surface area contributed by atoms with Gasteiger partial charge in [-0.15, -0.1) is 0 Å². The Kier molecular flexibility index (Phi) is 3.48. The van der Waals surface area contributed by atoms with Gasteiger partial charge in [0.2, 0.25) is 0 Å². The van der Waals surface area contributed by atoms with Crippen molar-refractivity contribution in [2.75, 3.05) is 0 Å². The van der Waals surface area contributed by atoms with Gasteiger partial charge in [0.1, 0.15) is 12.3 Å². The van der Waals surface area contributed by atoms with Crippen molar-refractivity contribution in [3.8, 4) is 0 Å². The van der Waals surface area contributed by atoms with E-state index in [1.54, 1.807) is 0 Å². The SMILES string of the molecule is CCC1CC(CC)C(F)CC1F. The summed E-state index contributed by atoms with van der Waals surface area (Å²) in [6.45, 7) is 3.98. The molecule has 0 aromatic heterocycles. The van der Waals surface area contributed by atoms with Gasteiger partial charge in [-0.25, -0.2) is 8.78 Å². The van der Waals surface area contributed by atoms with Crippen LogP contribution in [0.25, 0.3) is 0 Å². The molecule has 0 aliphatic heterocycles. The van der Waals surface area contributed by atoms with Crippen molar-refractivity contribution in [3.63, 3.8) is 0 Å². The molecule has 1 fully saturated rings. The predicted molar refractivity (Wildman–Crippen MR) is 46.6 cm³/mol. The third-order valence-corrected chi connectivity index (χ3v) is 3.13. The van der Waals surface area contributed by atoms with E-state index in [1.807, 2.05) is 13.8 Å². The van der Waals surface area contributed by atoms with E-state index < -0.39 is 12.3 Å². The molecule has 0 nitrogen and oxygen atoms in total. The van der Waals surface area contributed by atoms with E-state index in [0.717, 1.165) is 19.3 Å². The summed E-state index contributed by atoms with van der Waals surface area (Å²) in [6.07, 6.45) is 0.793. The zero-order valence-electron chi connectivity index (χ0n) is 7.89. The van der Waals surface area contributed by atoms with Crippen molar-refractivity contribution in [2.45, 2.75) is 51.9 Å². The van der Waals surface area contributed by atoms with E-state index in [-0.39, 0.29) is 18.3 Å². The monoisotopic (exact) mass is 176 g/mol. The van der Waals surface area contributed by atoms with Crippen LogP contribution in [0.15, 0.2) is 0 Å². The zero-order valence-corrected chi connectivity index (χ0v) is 7.89. The zero-order chi connectivity index (χ0) is 9.14. The van der Waals surface area contributed by atoms with Gasteiger partial charge in [-0.2, -0.15) is 0 Å². The topological polar surface area (TPSA) is 0 Å². The second kappa shape index (κ2) is 4.20. The minimum Gasteiger partial charge on any atom is -0.247 e. The fourth-order valence-electron chi connectivity index (χ4n) is 2.13. The standard InChI is InChI=1S/C10H18F2/c1-3-7-5-8(4-2)10(12)6-9(7)11/h7-10H,3-6H2,1-2H3. The molecule has 0 aromatic carbocycles. The fourth-order valence-corrected chi connectivity index (χ4v) is 2.13. The Morgan fingerprint density at radius 1 is 0.917 bits per heavy atom. The van der Waals surface area contributed by atoms with Crippen molar-refractivity contribution in [3.05, 3.63) is 0 Å². The van der Waals surface area contributed by atoms with E-state index in [2.05, 4.69) is 0 Å². The Bertz CT molecular complexity index is 122. The van der Waals surface area contributed by atoms with Gasteiger partial charge in [0.05, 0.1) is 0 Å². The van der Waals surface area contributed by atoms with E-state index >= 15 is 0 Å². The second-order valence-corrected chi connectivity index (χ2v) is 3.84. The number of hydrogen-bond acceptors (Lipinski definition) is 0. The molecule has 0 spiro atoms. The van der Waals surface area contributed by atoms with Crippen molar-refractivity contribution in [2.24, 2.45) is 11.8 Å². The summed E-state index contributed by atoms with van der Waals surface area (Å²) in [5.74, 6) is 0.226. The summed E-state index contributed by atoms with van der Waals surface area (Å²) in [5.41, 5.74) is 0. The molecule has 12 heavy (non-hydrogen) atoms. The Morgan fingerprint density at radius 2 is 1.33 bits per heavy atom. The number of alkyl halides is 2. The molecule has 4 atom stereocenters. The van der Waals surface area contributed by atoms with Crippen molar-refractivity contribution in [1.82, 2.24) is 0 Å². The van der Waals surface area contributed by atoms with Crippen LogP contribution in [0.3, 0.4) is 0 Å². The van der Waals surface area contributed by atoms with Crippen molar-refractivity contribution < 1.29 is 8.78 Å². The minimum absolute atomic E-state index is 0.113. The number of rotatable bonds is 2. The molecule has 0 heterocycles. The van der Waals surface area contributed by atoms with E-state index in [0.29, 0.717) is 0 Å². The molecule has 1 saturated carbocycles. The normalized spacial score (nSPS) is 43.0. The first-order chi connectivity index (χ1) is 5.69. The summed E-state index contributed by atoms with van der Waals surface area (Å²) in [4.78, 5) is 0. The quantitative estimate of drug-likeness (QED) is 0.604. The van der Waals surface area contributed by atoms with Gasteiger partial charge >= 0.3 is 0 Å². The first kappa shape index (κ1) is 9.94. The Hall–Kier alpha value is -0.140. The van der Waals surface area contributed by atoms with E-state index in [4.69, 9.17) is 0 Å². The highest BCUT2D eigenvalue weighted by Gasteiger charge is 2.35. The van der Waals surface area contributed by atoms with Gasteiger partial charge in [-0.1, -0.05) is 26.7 Å². The lowest BCUT2D eigenvalue weighted by Gasteiger charge is -2.33. The molecule has 0 radical (unpaired) electrons. The molecule has 1 rings (SSSR count). The minimum atomic E-state index is -0.896. The van der Waals surface area contributed by atoms with Crippen LogP contribution in [0, 0.1) is 11.8 Å². The highest BCUT2D eigenvalue weighted by atomic mass is 19.1. The molecule has 2 heteroatoms. The highest BCUT2D eigenvalue weighted by molar-refractivity contribution is 4.84. The number of hydrogen-bond donors (Lipinski definition) is 0. The third kappa shape index (κ3) is 1.96. The molecule has 1 aliphatic carbocycles. The average molecular weight is 176 g/mol. The molecule has 0 N–H and O–H groups in total. The van der Waals surface area contributed by atoms with E-state index in [9.17, 15) is 8.78 Å². The van der Waals surface area contributed by atoms with Gasteiger partial charge in [-0.3, -0.25) is 0 Å². The van der Waals surface area contributed by atoms with Gasteiger partial charge in [0.15, 0.2) is 0 Å². The summed E-state index contributed by atoms with van der Waals surface area (Å²) in [6, 6.07) is 0. The maximum atomic E-state index is 13.2. The van der Waals surface area contributed by atoms with Crippen LogP contribution in [0.1, 0.15) is 39.5 Å². The first-order valence-electron chi connectivity index (χ1n) is 4.97. The molecule has 0 saturated heterocycles. The largest absolute Gasteiger partial charge is 0.247 e. The maximum absolute atomic E-state index is 13.2. The molecule has 0 aromatic rings. The highest BCUT2D eigenvalue weighted by Crippen LogP contribution is 2.36. The first-order valence-corrected chi connectivity index (χ1v) is 4.97. The summed E-state index contributed by atoms with van der Waals surface area (Å²) in [5, 5.41) is 0. The fraction of sp³-hybridized carbons (Fsp3) is 1.00. The van der Waals surface area contributed by atoms with Crippen LogP contribution in [-0.4, -0.2) is 12.3 Å².